The van der Waals surface area contributed by atoms with Gasteiger partial charge in [-0.1, -0.05) is 0 Å². The zero-order valence-electron chi connectivity index (χ0n) is 7.29. The van der Waals surface area contributed by atoms with E-state index in [0.29, 0.717) is 0 Å². The van der Waals surface area contributed by atoms with E-state index in [1.165, 1.54) is 0 Å². The number of aliphatic hydroxyl groups excluding tert-OH is 4. The summed E-state index contributed by atoms with van der Waals surface area (Å²) in [6.07, 6.45) is -4.69. The van der Waals surface area contributed by atoms with Crippen LogP contribution in [0.4, 0.5) is 0 Å². The van der Waals surface area contributed by atoms with Gasteiger partial charge in [-0.05, 0) is 6.92 Å². The Morgan fingerprint density at radius 1 is 1.31 bits per heavy atom. The molecular formula is C7H15NO5. The number of hydrogen-bond acceptors (Lipinski definition) is 6. The summed E-state index contributed by atoms with van der Waals surface area (Å²) in [6, 6.07) is -1.25. The summed E-state index contributed by atoms with van der Waals surface area (Å²) in [6.45, 7) is 0.453. The maximum atomic E-state index is 10.7. The first kappa shape index (κ1) is 12.5. The predicted octanol–water partition coefficient (Wildman–Crippen LogP) is -3.02. The maximum Gasteiger partial charge on any atom is 0.149 e. The predicted molar refractivity (Wildman–Crippen MR) is 43.8 cm³/mol. The summed E-state index contributed by atoms with van der Waals surface area (Å²) in [5, 5.41) is 35.6. The number of nitrogens with two attached hydrogens (primary N) is 1. The fraction of sp³-hybridized carbons (Fsp3) is 0.857. The van der Waals surface area contributed by atoms with Crippen LogP contribution in [0.2, 0.25) is 0 Å². The van der Waals surface area contributed by atoms with Gasteiger partial charge in [-0.15, -0.1) is 0 Å². The van der Waals surface area contributed by atoms with Gasteiger partial charge >= 0.3 is 0 Å². The van der Waals surface area contributed by atoms with E-state index in [1.54, 1.807) is 0 Å². The summed E-state index contributed by atoms with van der Waals surface area (Å²) >= 11 is 0. The third-order valence-corrected chi connectivity index (χ3v) is 1.77. The summed E-state index contributed by atoms with van der Waals surface area (Å²) in [5.74, 6) is -0.503. The Labute approximate surface area is 75.6 Å². The Hall–Kier alpha value is -0.530. The lowest BCUT2D eigenvalue weighted by atomic mass is 9.99. The van der Waals surface area contributed by atoms with Gasteiger partial charge in [0.25, 0.3) is 0 Å². The van der Waals surface area contributed by atoms with Crippen molar-refractivity contribution in [3.05, 3.63) is 0 Å². The third kappa shape index (κ3) is 3.37. The molecule has 6 heteroatoms. The molecule has 0 radical (unpaired) electrons. The van der Waals surface area contributed by atoms with Crippen LogP contribution in [0.15, 0.2) is 0 Å². The first-order chi connectivity index (χ1) is 5.91. The maximum absolute atomic E-state index is 10.7. The van der Waals surface area contributed by atoms with Gasteiger partial charge in [-0.3, -0.25) is 4.79 Å². The second kappa shape index (κ2) is 5.25. The number of aliphatic hydroxyl groups is 4. The van der Waals surface area contributed by atoms with Crippen LogP contribution in [0.5, 0.6) is 0 Å². The number of rotatable bonds is 5. The highest BCUT2D eigenvalue weighted by Crippen LogP contribution is 2.03. The summed E-state index contributed by atoms with van der Waals surface area (Å²) in [7, 11) is 0. The number of ketones is 1. The van der Waals surface area contributed by atoms with E-state index in [1.807, 2.05) is 0 Å². The molecule has 0 aromatic carbocycles. The molecule has 0 aromatic rings. The van der Waals surface area contributed by atoms with Gasteiger partial charge in [0.05, 0.1) is 12.6 Å². The van der Waals surface area contributed by atoms with Gasteiger partial charge in [-0.2, -0.15) is 0 Å². The van der Waals surface area contributed by atoms with Crippen molar-refractivity contribution in [1.29, 1.82) is 0 Å². The number of hydrogen-bond donors (Lipinski definition) is 5. The Morgan fingerprint density at radius 3 is 2.08 bits per heavy atom. The minimum atomic E-state index is -1.62. The lowest BCUT2D eigenvalue weighted by molar-refractivity contribution is -0.127. The molecule has 13 heavy (non-hydrogen) atoms. The molecule has 0 bridgehead atoms. The van der Waals surface area contributed by atoms with Crippen LogP contribution < -0.4 is 5.73 Å². The molecule has 0 amide bonds. The molecule has 6 N–H and O–H groups in total. The minimum Gasteiger partial charge on any atom is -0.394 e. The van der Waals surface area contributed by atoms with E-state index in [4.69, 9.17) is 21.1 Å². The molecular weight excluding hydrogens is 178 g/mol. The molecule has 0 saturated carbocycles. The third-order valence-electron chi connectivity index (χ3n) is 1.77. The van der Waals surface area contributed by atoms with Gasteiger partial charge in [0.2, 0.25) is 0 Å². The van der Waals surface area contributed by atoms with Crippen molar-refractivity contribution in [2.45, 2.75) is 31.3 Å². The van der Waals surface area contributed by atoms with Gasteiger partial charge in [0, 0.05) is 0 Å². The van der Waals surface area contributed by atoms with Crippen LogP contribution in [0, 0.1) is 0 Å². The lowest BCUT2D eigenvalue weighted by Gasteiger charge is -2.24. The summed E-state index contributed by atoms with van der Waals surface area (Å²) < 4.78 is 0. The first-order valence-corrected chi connectivity index (χ1v) is 3.83. The van der Waals surface area contributed by atoms with Crippen molar-refractivity contribution in [2.24, 2.45) is 5.73 Å². The molecule has 0 saturated heterocycles. The Morgan fingerprint density at radius 2 is 1.77 bits per heavy atom. The largest absolute Gasteiger partial charge is 0.394 e. The highest BCUT2D eigenvalue weighted by molar-refractivity contribution is 5.81. The zero-order valence-corrected chi connectivity index (χ0v) is 7.29. The molecule has 0 rings (SSSR count). The molecule has 0 spiro atoms. The van der Waals surface area contributed by atoms with Crippen molar-refractivity contribution in [3.8, 4) is 0 Å². The van der Waals surface area contributed by atoms with E-state index in [-0.39, 0.29) is 0 Å². The number of carbonyl (C=O) groups excluding carboxylic acids is 1. The first-order valence-electron chi connectivity index (χ1n) is 3.83. The van der Waals surface area contributed by atoms with Crippen LogP contribution in [0.3, 0.4) is 0 Å². The quantitative estimate of drug-likeness (QED) is 0.316. The average Bonchev–Trinajstić information content (AvgIpc) is 2.12. The van der Waals surface area contributed by atoms with Gasteiger partial charge in [0.15, 0.2) is 0 Å². The van der Waals surface area contributed by atoms with Crippen LogP contribution in [0.1, 0.15) is 6.92 Å². The molecule has 0 aliphatic carbocycles. The molecule has 0 heterocycles. The second-order valence-corrected chi connectivity index (χ2v) is 2.87. The Kier molecular flexibility index (Phi) is 5.04. The van der Waals surface area contributed by atoms with Crippen molar-refractivity contribution < 1.29 is 25.2 Å². The summed E-state index contributed by atoms with van der Waals surface area (Å²) in [4.78, 5) is 10.7. The second-order valence-electron chi connectivity index (χ2n) is 2.87. The van der Waals surface area contributed by atoms with E-state index in [0.717, 1.165) is 6.92 Å². The van der Waals surface area contributed by atoms with Crippen molar-refractivity contribution >= 4 is 5.78 Å². The average molecular weight is 193 g/mol. The monoisotopic (exact) mass is 193 g/mol. The minimum absolute atomic E-state index is 0.503. The molecule has 1 unspecified atom stereocenters. The fourth-order valence-electron chi connectivity index (χ4n) is 0.789. The van der Waals surface area contributed by atoms with Crippen LogP contribution >= 0.6 is 0 Å². The van der Waals surface area contributed by atoms with Crippen molar-refractivity contribution in [1.82, 2.24) is 0 Å². The van der Waals surface area contributed by atoms with Crippen LogP contribution in [-0.4, -0.2) is 57.2 Å². The van der Waals surface area contributed by atoms with Crippen molar-refractivity contribution in [3.63, 3.8) is 0 Å². The number of carbonyl (C=O) groups is 1. The van der Waals surface area contributed by atoms with E-state index in [9.17, 15) is 9.90 Å². The standard InChI is InChI=1S/C7H15NO5/c1-3(10)5(8)7(13)6(12)4(11)2-9/h4-7,9,11-13H,2,8H2,1H3/t4?,5-,6+,7+/m0/s1. The lowest BCUT2D eigenvalue weighted by Crippen LogP contribution is -2.52. The van der Waals surface area contributed by atoms with E-state index < -0.39 is 36.7 Å². The Balaban J connectivity index is 4.24. The molecule has 0 fully saturated rings. The Bertz CT molecular complexity index is 174. The molecule has 6 nitrogen and oxygen atoms in total. The van der Waals surface area contributed by atoms with E-state index >= 15 is 0 Å². The van der Waals surface area contributed by atoms with Crippen LogP contribution in [-0.2, 0) is 4.79 Å². The number of Topliss-reactive ketones (excluding diaryl/α,β-unsaturated/α-hetero) is 1. The van der Waals surface area contributed by atoms with Crippen LogP contribution in [0.25, 0.3) is 0 Å². The van der Waals surface area contributed by atoms with Gasteiger partial charge in [0.1, 0.15) is 24.1 Å². The summed E-state index contributed by atoms with van der Waals surface area (Å²) in [5.41, 5.74) is 5.20. The van der Waals surface area contributed by atoms with Crippen molar-refractivity contribution in [2.75, 3.05) is 6.61 Å². The molecule has 0 aromatic heterocycles. The molecule has 0 aliphatic rings. The molecule has 0 aliphatic heterocycles. The SMILES string of the molecule is CC(=O)[C@H](N)[C@@H](O)[C@H](O)C(O)CO. The fourth-order valence-corrected chi connectivity index (χ4v) is 0.789. The molecule has 78 valence electrons. The normalized spacial score (nSPS) is 20.5. The van der Waals surface area contributed by atoms with Gasteiger partial charge < -0.3 is 26.2 Å². The van der Waals surface area contributed by atoms with Gasteiger partial charge in [-0.25, -0.2) is 0 Å². The highest BCUT2D eigenvalue weighted by Gasteiger charge is 2.30. The van der Waals surface area contributed by atoms with E-state index in [2.05, 4.69) is 0 Å². The smallest absolute Gasteiger partial charge is 0.149 e. The highest BCUT2D eigenvalue weighted by atomic mass is 16.4. The molecule has 4 atom stereocenters. The topological polar surface area (TPSA) is 124 Å². The zero-order chi connectivity index (χ0) is 10.6.